The first kappa shape index (κ1) is 15.6. The maximum absolute atomic E-state index is 9.75. The van der Waals surface area contributed by atoms with Crippen LogP contribution in [0.3, 0.4) is 0 Å². The maximum Gasteiger partial charge on any atom is 0.0557 e. The fourth-order valence-electron chi connectivity index (χ4n) is 2.78. The van der Waals surface area contributed by atoms with Crippen molar-refractivity contribution in [2.24, 2.45) is 5.92 Å². The van der Waals surface area contributed by atoms with Gasteiger partial charge in [-0.05, 0) is 44.0 Å². The van der Waals surface area contributed by atoms with Gasteiger partial charge in [0, 0.05) is 36.3 Å². The molecular formula is C16H25ClN2O. The highest BCUT2D eigenvalue weighted by atomic mass is 35.5. The summed E-state index contributed by atoms with van der Waals surface area (Å²) in [5.41, 5.74) is 2.50. The number of aliphatic hydroxyl groups excluding tert-OH is 1. The van der Waals surface area contributed by atoms with Crippen molar-refractivity contribution in [1.82, 2.24) is 5.32 Å². The Labute approximate surface area is 126 Å². The highest BCUT2D eigenvalue weighted by Crippen LogP contribution is 2.30. The quantitative estimate of drug-likeness (QED) is 0.792. The lowest BCUT2D eigenvalue weighted by atomic mass is 10.0. The number of nitrogens with one attached hydrogen (secondary N) is 1. The summed E-state index contributed by atoms with van der Waals surface area (Å²) in [5, 5.41) is 14.0. The number of aliphatic hydroxyl groups is 1. The minimum Gasteiger partial charge on any atom is -0.393 e. The van der Waals surface area contributed by atoms with Gasteiger partial charge in [0.25, 0.3) is 0 Å². The van der Waals surface area contributed by atoms with E-state index in [9.17, 15) is 5.11 Å². The van der Waals surface area contributed by atoms with Gasteiger partial charge in [-0.3, -0.25) is 0 Å². The van der Waals surface area contributed by atoms with Gasteiger partial charge >= 0.3 is 0 Å². The zero-order valence-electron chi connectivity index (χ0n) is 12.4. The average molecular weight is 297 g/mol. The number of hydrogen-bond donors (Lipinski definition) is 2. The van der Waals surface area contributed by atoms with Gasteiger partial charge in [0.05, 0.1) is 6.10 Å². The Balaban J connectivity index is 2.11. The molecule has 112 valence electrons. The molecule has 1 aromatic rings. The molecule has 0 bridgehead atoms. The van der Waals surface area contributed by atoms with E-state index in [1.807, 2.05) is 13.0 Å². The van der Waals surface area contributed by atoms with Crippen LogP contribution in [-0.2, 0) is 6.54 Å². The van der Waals surface area contributed by atoms with Crippen molar-refractivity contribution in [3.63, 3.8) is 0 Å². The van der Waals surface area contributed by atoms with Crippen LogP contribution in [0.2, 0.25) is 5.02 Å². The topological polar surface area (TPSA) is 35.5 Å². The smallest absolute Gasteiger partial charge is 0.0557 e. The largest absolute Gasteiger partial charge is 0.393 e. The van der Waals surface area contributed by atoms with Gasteiger partial charge in [0.2, 0.25) is 0 Å². The molecule has 1 aliphatic rings. The molecule has 1 saturated heterocycles. The first-order valence-corrected chi connectivity index (χ1v) is 7.91. The number of nitrogens with zero attached hydrogens (tertiary/aromatic N) is 1. The predicted octanol–water partition coefficient (Wildman–Crippen LogP) is 3.05. The molecule has 4 heteroatoms. The lowest BCUT2D eigenvalue weighted by molar-refractivity contribution is 0.136. The molecule has 3 nitrogen and oxygen atoms in total. The molecule has 2 unspecified atom stereocenters. The summed E-state index contributed by atoms with van der Waals surface area (Å²) in [6.45, 7) is 7.86. The molecule has 0 spiro atoms. The van der Waals surface area contributed by atoms with Crippen LogP contribution in [0.25, 0.3) is 0 Å². The summed E-state index contributed by atoms with van der Waals surface area (Å²) in [5.74, 6) is 0.366. The van der Waals surface area contributed by atoms with Crippen LogP contribution in [0.1, 0.15) is 32.3 Å². The van der Waals surface area contributed by atoms with Crippen LogP contribution in [0.4, 0.5) is 5.69 Å². The zero-order valence-corrected chi connectivity index (χ0v) is 13.2. The highest BCUT2D eigenvalue weighted by molar-refractivity contribution is 6.30. The Morgan fingerprint density at radius 1 is 1.50 bits per heavy atom. The Kier molecular flexibility index (Phi) is 5.70. The van der Waals surface area contributed by atoms with Crippen molar-refractivity contribution < 1.29 is 5.11 Å². The van der Waals surface area contributed by atoms with Crippen LogP contribution < -0.4 is 10.2 Å². The molecule has 2 atom stereocenters. The third-order valence-corrected chi connectivity index (χ3v) is 4.27. The maximum atomic E-state index is 9.75. The van der Waals surface area contributed by atoms with E-state index in [0.29, 0.717) is 5.92 Å². The summed E-state index contributed by atoms with van der Waals surface area (Å²) in [7, 11) is 0. The van der Waals surface area contributed by atoms with Crippen molar-refractivity contribution in [3.05, 3.63) is 28.8 Å². The van der Waals surface area contributed by atoms with E-state index in [2.05, 4.69) is 29.3 Å². The summed E-state index contributed by atoms with van der Waals surface area (Å²) >= 11 is 6.16. The summed E-state index contributed by atoms with van der Waals surface area (Å²) < 4.78 is 0. The van der Waals surface area contributed by atoms with Crippen LogP contribution in [-0.4, -0.2) is 30.8 Å². The minimum absolute atomic E-state index is 0.235. The van der Waals surface area contributed by atoms with E-state index in [0.717, 1.165) is 44.0 Å². The normalized spacial score (nSPS) is 20.4. The zero-order chi connectivity index (χ0) is 14.5. The second-order valence-corrected chi connectivity index (χ2v) is 6.12. The predicted molar refractivity (Wildman–Crippen MR) is 85.5 cm³/mol. The average Bonchev–Trinajstić information content (AvgIpc) is 2.90. The number of hydrogen-bond acceptors (Lipinski definition) is 3. The van der Waals surface area contributed by atoms with E-state index >= 15 is 0 Å². The van der Waals surface area contributed by atoms with Crippen LogP contribution >= 0.6 is 11.6 Å². The molecule has 2 rings (SSSR count). The van der Waals surface area contributed by atoms with E-state index in [1.165, 1.54) is 11.3 Å². The molecule has 0 amide bonds. The van der Waals surface area contributed by atoms with E-state index < -0.39 is 0 Å². The molecule has 1 heterocycles. The van der Waals surface area contributed by atoms with Gasteiger partial charge < -0.3 is 15.3 Å². The third kappa shape index (κ3) is 3.87. The Morgan fingerprint density at radius 3 is 2.95 bits per heavy atom. The monoisotopic (exact) mass is 296 g/mol. The number of rotatable bonds is 6. The lowest BCUT2D eigenvalue weighted by Crippen LogP contribution is -2.25. The van der Waals surface area contributed by atoms with Crippen LogP contribution in [0.15, 0.2) is 18.2 Å². The fourth-order valence-corrected chi connectivity index (χ4v) is 2.95. The van der Waals surface area contributed by atoms with Crippen molar-refractivity contribution in [2.45, 2.75) is 39.3 Å². The third-order valence-electron chi connectivity index (χ3n) is 4.04. The van der Waals surface area contributed by atoms with Crippen molar-refractivity contribution in [3.8, 4) is 0 Å². The lowest BCUT2D eigenvalue weighted by Gasteiger charge is -2.23. The van der Waals surface area contributed by atoms with E-state index in [-0.39, 0.29) is 6.10 Å². The van der Waals surface area contributed by atoms with Gasteiger partial charge in [-0.15, -0.1) is 0 Å². The molecule has 0 aliphatic carbocycles. The van der Waals surface area contributed by atoms with Gasteiger partial charge in [0.1, 0.15) is 0 Å². The second-order valence-electron chi connectivity index (χ2n) is 5.69. The highest BCUT2D eigenvalue weighted by Gasteiger charge is 2.27. The van der Waals surface area contributed by atoms with E-state index in [1.54, 1.807) is 0 Å². The molecule has 2 N–H and O–H groups in total. The van der Waals surface area contributed by atoms with Crippen molar-refractivity contribution in [2.75, 3.05) is 24.5 Å². The van der Waals surface area contributed by atoms with Crippen LogP contribution in [0, 0.1) is 5.92 Å². The Hall–Kier alpha value is -0.770. The Bertz CT molecular complexity index is 436. The molecule has 1 aromatic carbocycles. The first-order valence-electron chi connectivity index (χ1n) is 7.54. The summed E-state index contributed by atoms with van der Waals surface area (Å²) in [6.07, 6.45) is 1.95. The molecule has 1 fully saturated rings. The standard InChI is InChI=1S/C16H25ClN2O/c1-3-7-18-10-13-4-5-15(17)9-16(13)19-8-6-14(11-19)12(2)20/h4-5,9,12,14,18,20H,3,6-8,10-11H2,1-2H3. The SMILES string of the molecule is CCCNCc1ccc(Cl)cc1N1CCC(C(C)O)C1. The second kappa shape index (κ2) is 7.30. The molecule has 0 aromatic heterocycles. The minimum atomic E-state index is -0.235. The van der Waals surface area contributed by atoms with Gasteiger partial charge in [0.15, 0.2) is 0 Å². The number of halogens is 1. The van der Waals surface area contributed by atoms with Crippen molar-refractivity contribution >= 4 is 17.3 Å². The Morgan fingerprint density at radius 2 is 2.30 bits per heavy atom. The first-order chi connectivity index (χ1) is 9.61. The molecule has 0 saturated carbocycles. The molecule has 20 heavy (non-hydrogen) atoms. The van der Waals surface area contributed by atoms with Crippen molar-refractivity contribution in [1.29, 1.82) is 0 Å². The molecule has 0 radical (unpaired) electrons. The summed E-state index contributed by atoms with van der Waals surface area (Å²) in [4.78, 5) is 2.35. The molecule has 1 aliphatic heterocycles. The van der Waals surface area contributed by atoms with E-state index in [4.69, 9.17) is 11.6 Å². The van der Waals surface area contributed by atoms with Crippen LogP contribution in [0.5, 0.6) is 0 Å². The fraction of sp³-hybridized carbons (Fsp3) is 0.625. The van der Waals surface area contributed by atoms with Gasteiger partial charge in [-0.2, -0.15) is 0 Å². The summed E-state index contributed by atoms with van der Waals surface area (Å²) in [6, 6.07) is 6.11. The molecular weight excluding hydrogens is 272 g/mol. The van der Waals surface area contributed by atoms with Gasteiger partial charge in [-0.1, -0.05) is 24.6 Å². The van der Waals surface area contributed by atoms with Gasteiger partial charge in [-0.25, -0.2) is 0 Å². The number of benzene rings is 1. The number of anilines is 1.